The van der Waals surface area contributed by atoms with Gasteiger partial charge in [0.1, 0.15) is 4.60 Å². The Morgan fingerprint density at radius 1 is 1.47 bits per heavy atom. The number of halogens is 2. The van der Waals surface area contributed by atoms with Crippen molar-refractivity contribution in [3.63, 3.8) is 0 Å². The molecule has 0 amide bonds. The zero-order valence-corrected chi connectivity index (χ0v) is 12.1. The zero-order chi connectivity index (χ0) is 11.2. The van der Waals surface area contributed by atoms with E-state index in [0.29, 0.717) is 12.6 Å². The van der Waals surface area contributed by atoms with Gasteiger partial charge in [0.15, 0.2) is 0 Å². The molecule has 2 rings (SSSR count). The van der Waals surface area contributed by atoms with E-state index in [-0.39, 0.29) is 12.4 Å². The van der Waals surface area contributed by atoms with Gasteiger partial charge in [0.2, 0.25) is 0 Å². The average molecular weight is 322 g/mol. The summed E-state index contributed by atoms with van der Waals surface area (Å²) in [6, 6.07) is 4.52. The Hall–Kier alpha value is -0.160. The van der Waals surface area contributed by atoms with Crippen LogP contribution in [0.2, 0.25) is 0 Å². The maximum Gasteiger partial charge on any atom is 0.106 e. The van der Waals surface area contributed by atoms with Crippen molar-refractivity contribution < 1.29 is 4.74 Å². The van der Waals surface area contributed by atoms with Gasteiger partial charge in [0.05, 0.1) is 13.2 Å². The van der Waals surface area contributed by atoms with Crippen LogP contribution in [0.3, 0.4) is 0 Å². The lowest BCUT2D eigenvalue weighted by Crippen LogP contribution is -2.37. The van der Waals surface area contributed by atoms with Crippen LogP contribution in [0, 0.1) is 0 Å². The molecule has 1 saturated heterocycles. The Balaban J connectivity index is 0.00000144. The van der Waals surface area contributed by atoms with E-state index in [1.54, 1.807) is 6.20 Å². The van der Waals surface area contributed by atoms with E-state index in [4.69, 9.17) is 4.74 Å². The molecule has 1 aliphatic rings. The molecule has 0 saturated carbocycles. The van der Waals surface area contributed by atoms with Crippen molar-refractivity contribution in [1.82, 2.24) is 10.3 Å². The number of aromatic nitrogens is 1. The topological polar surface area (TPSA) is 34.1 Å². The molecule has 1 N–H and O–H groups in total. The maximum absolute atomic E-state index is 5.70. The first-order valence-electron chi connectivity index (χ1n) is 5.76. The van der Waals surface area contributed by atoms with Crippen molar-refractivity contribution in [2.45, 2.75) is 31.9 Å². The Morgan fingerprint density at radius 2 is 2.35 bits per heavy atom. The number of nitrogens with one attached hydrogen (secondary N) is 1. The van der Waals surface area contributed by atoms with Gasteiger partial charge in [-0.2, -0.15) is 0 Å². The molecule has 0 bridgehead atoms. The second-order valence-corrected chi connectivity index (χ2v) is 4.96. The summed E-state index contributed by atoms with van der Waals surface area (Å²) in [4.78, 5) is 4.09. The van der Waals surface area contributed by atoms with Gasteiger partial charge in [-0.25, -0.2) is 4.98 Å². The summed E-state index contributed by atoms with van der Waals surface area (Å²) in [5.41, 5.74) is 1.16. The predicted octanol–water partition coefficient (Wildman–Crippen LogP) is 2.92. The summed E-state index contributed by atoms with van der Waals surface area (Å²) in [6.45, 7) is 2.61. The molecule has 1 aromatic rings. The van der Waals surface area contributed by atoms with E-state index >= 15 is 0 Å². The number of ether oxygens (including phenoxy) is 1. The summed E-state index contributed by atoms with van der Waals surface area (Å²) < 4.78 is 6.57. The van der Waals surface area contributed by atoms with E-state index in [9.17, 15) is 0 Å². The van der Waals surface area contributed by atoms with Crippen LogP contribution in [0.5, 0.6) is 0 Å². The fraction of sp³-hybridized carbons (Fsp3) is 0.583. The molecule has 0 radical (unpaired) electrons. The number of hydrogen-bond donors (Lipinski definition) is 1. The van der Waals surface area contributed by atoms with E-state index in [2.05, 4.69) is 26.2 Å². The largest absolute Gasteiger partial charge is 0.375 e. The maximum atomic E-state index is 5.70. The highest BCUT2D eigenvalue weighted by atomic mass is 79.9. The Kier molecular flexibility index (Phi) is 7.04. The molecular formula is C12H18BrClN2O. The predicted molar refractivity (Wildman–Crippen MR) is 74.5 cm³/mol. The molecule has 1 fully saturated rings. The molecule has 1 aromatic heterocycles. The SMILES string of the molecule is Brc1cc(COCC2CCCCN2)ccn1.Cl. The minimum absolute atomic E-state index is 0. The lowest BCUT2D eigenvalue weighted by molar-refractivity contribution is 0.0911. The minimum atomic E-state index is 0. The molecule has 17 heavy (non-hydrogen) atoms. The molecule has 2 heterocycles. The van der Waals surface area contributed by atoms with E-state index < -0.39 is 0 Å². The second kappa shape index (κ2) is 8.03. The summed E-state index contributed by atoms with van der Waals surface area (Å²) in [7, 11) is 0. The summed E-state index contributed by atoms with van der Waals surface area (Å²) in [5.74, 6) is 0. The first-order chi connectivity index (χ1) is 7.84. The third kappa shape index (κ3) is 5.34. The highest BCUT2D eigenvalue weighted by Gasteiger charge is 2.11. The van der Waals surface area contributed by atoms with Crippen molar-refractivity contribution in [2.75, 3.05) is 13.2 Å². The average Bonchev–Trinajstić information content (AvgIpc) is 2.30. The number of hydrogen-bond acceptors (Lipinski definition) is 3. The highest BCUT2D eigenvalue weighted by molar-refractivity contribution is 9.10. The number of rotatable bonds is 4. The van der Waals surface area contributed by atoms with Gasteiger partial charge in [0, 0.05) is 12.2 Å². The molecule has 0 aromatic carbocycles. The molecule has 1 unspecified atom stereocenters. The molecule has 1 aliphatic heterocycles. The quantitative estimate of drug-likeness (QED) is 0.866. The smallest absolute Gasteiger partial charge is 0.106 e. The number of piperidine rings is 1. The summed E-state index contributed by atoms with van der Waals surface area (Å²) in [5, 5.41) is 3.47. The molecule has 1 atom stereocenters. The van der Waals surface area contributed by atoms with Crippen LogP contribution in [-0.2, 0) is 11.3 Å². The van der Waals surface area contributed by atoms with Gasteiger partial charge in [0.25, 0.3) is 0 Å². The Bertz CT molecular complexity index is 332. The standard InChI is InChI=1S/C12H17BrN2O.ClH/c13-12-7-10(4-6-15-12)8-16-9-11-3-1-2-5-14-11;/h4,6-7,11,14H,1-3,5,8-9H2;1H. The zero-order valence-electron chi connectivity index (χ0n) is 9.69. The molecule has 3 nitrogen and oxygen atoms in total. The number of pyridine rings is 1. The van der Waals surface area contributed by atoms with Crippen LogP contribution in [0.15, 0.2) is 22.9 Å². The van der Waals surface area contributed by atoms with Crippen LogP contribution in [0.4, 0.5) is 0 Å². The lowest BCUT2D eigenvalue weighted by Gasteiger charge is -2.23. The van der Waals surface area contributed by atoms with Crippen LogP contribution in [0.25, 0.3) is 0 Å². The van der Waals surface area contributed by atoms with Gasteiger partial charge in [-0.1, -0.05) is 6.42 Å². The van der Waals surface area contributed by atoms with Crippen molar-refractivity contribution in [1.29, 1.82) is 0 Å². The number of nitrogens with zero attached hydrogens (tertiary/aromatic N) is 1. The van der Waals surface area contributed by atoms with E-state index in [0.717, 1.165) is 23.3 Å². The molecule has 0 spiro atoms. The van der Waals surface area contributed by atoms with Gasteiger partial charge in [-0.15, -0.1) is 12.4 Å². The summed E-state index contributed by atoms with van der Waals surface area (Å²) >= 11 is 3.35. The van der Waals surface area contributed by atoms with Crippen molar-refractivity contribution >= 4 is 28.3 Å². The first kappa shape index (κ1) is 14.9. The van der Waals surface area contributed by atoms with E-state index in [1.807, 2.05) is 12.1 Å². The minimum Gasteiger partial charge on any atom is -0.375 e. The first-order valence-corrected chi connectivity index (χ1v) is 6.55. The van der Waals surface area contributed by atoms with Crippen molar-refractivity contribution in [2.24, 2.45) is 0 Å². The Morgan fingerprint density at radius 3 is 3.06 bits per heavy atom. The van der Waals surface area contributed by atoms with Gasteiger partial charge in [-0.3, -0.25) is 0 Å². The highest BCUT2D eigenvalue weighted by Crippen LogP contribution is 2.11. The van der Waals surface area contributed by atoms with Crippen LogP contribution in [0.1, 0.15) is 24.8 Å². The summed E-state index contributed by atoms with van der Waals surface area (Å²) in [6.07, 6.45) is 5.65. The van der Waals surface area contributed by atoms with Gasteiger partial charge in [-0.05, 0) is 53.0 Å². The van der Waals surface area contributed by atoms with Crippen LogP contribution < -0.4 is 5.32 Å². The lowest BCUT2D eigenvalue weighted by atomic mass is 10.1. The molecular weight excluding hydrogens is 304 g/mol. The fourth-order valence-corrected chi connectivity index (χ4v) is 2.33. The van der Waals surface area contributed by atoms with Crippen LogP contribution >= 0.6 is 28.3 Å². The monoisotopic (exact) mass is 320 g/mol. The fourth-order valence-electron chi connectivity index (χ4n) is 1.92. The van der Waals surface area contributed by atoms with Gasteiger partial charge >= 0.3 is 0 Å². The van der Waals surface area contributed by atoms with Gasteiger partial charge < -0.3 is 10.1 Å². The Labute approximate surface area is 117 Å². The third-order valence-electron chi connectivity index (χ3n) is 2.79. The van der Waals surface area contributed by atoms with Crippen molar-refractivity contribution in [3.05, 3.63) is 28.5 Å². The normalized spacial score (nSPS) is 19.7. The van der Waals surface area contributed by atoms with E-state index in [1.165, 1.54) is 19.3 Å². The van der Waals surface area contributed by atoms with Crippen LogP contribution in [-0.4, -0.2) is 24.2 Å². The molecule has 0 aliphatic carbocycles. The molecule has 5 heteroatoms. The molecule has 96 valence electrons. The van der Waals surface area contributed by atoms with Crippen molar-refractivity contribution in [3.8, 4) is 0 Å². The second-order valence-electron chi connectivity index (χ2n) is 4.15. The third-order valence-corrected chi connectivity index (χ3v) is 3.22.